The second-order valence-electron chi connectivity index (χ2n) is 3.13. The molecule has 1 aliphatic rings. The molecule has 0 spiro atoms. The van der Waals surface area contributed by atoms with Gasteiger partial charge < -0.3 is 11.1 Å². The molecule has 1 aromatic heterocycles. The molecule has 0 saturated heterocycles. The van der Waals surface area contributed by atoms with Crippen LogP contribution in [0.1, 0.15) is 12.8 Å². The first-order valence-corrected chi connectivity index (χ1v) is 5.00. The van der Waals surface area contributed by atoms with Crippen LogP contribution in [0, 0.1) is 5.92 Å². The summed E-state index contributed by atoms with van der Waals surface area (Å²) in [5, 5.41) is 11.6. The van der Waals surface area contributed by atoms with Gasteiger partial charge >= 0.3 is 0 Å². The molecule has 1 atom stereocenters. The van der Waals surface area contributed by atoms with E-state index in [1.54, 1.807) is 5.51 Å². The van der Waals surface area contributed by atoms with Gasteiger partial charge in [-0.15, -0.1) is 10.2 Å². The molecule has 1 aliphatic carbocycles. The van der Waals surface area contributed by atoms with Gasteiger partial charge in [-0.25, -0.2) is 0 Å². The van der Waals surface area contributed by atoms with Gasteiger partial charge in [0.05, 0.1) is 0 Å². The molecule has 12 heavy (non-hydrogen) atoms. The van der Waals surface area contributed by atoms with Gasteiger partial charge in [-0.2, -0.15) is 0 Å². The van der Waals surface area contributed by atoms with E-state index in [-0.39, 0.29) is 6.04 Å². The molecular weight excluding hydrogens is 172 g/mol. The third kappa shape index (κ3) is 1.92. The van der Waals surface area contributed by atoms with E-state index in [2.05, 4.69) is 15.5 Å². The lowest BCUT2D eigenvalue weighted by Gasteiger charge is -2.09. The molecule has 66 valence electrons. The zero-order chi connectivity index (χ0) is 8.39. The van der Waals surface area contributed by atoms with Crippen LogP contribution < -0.4 is 11.1 Å². The first-order chi connectivity index (χ1) is 5.86. The molecule has 0 aromatic carbocycles. The minimum atomic E-state index is 0.286. The third-order valence-electron chi connectivity index (χ3n) is 2.08. The Hall–Kier alpha value is -0.680. The first kappa shape index (κ1) is 7.94. The lowest BCUT2D eigenvalue weighted by Crippen LogP contribution is -2.30. The van der Waals surface area contributed by atoms with Crippen molar-refractivity contribution in [2.24, 2.45) is 11.7 Å². The maximum atomic E-state index is 5.89. The fourth-order valence-corrected chi connectivity index (χ4v) is 1.60. The summed E-state index contributed by atoms with van der Waals surface area (Å²) in [6, 6.07) is 0.286. The van der Waals surface area contributed by atoms with E-state index in [1.807, 2.05) is 0 Å². The Morgan fingerprint density at radius 3 is 3.17 bits per heavy atom. The highest BCUT2D eigenvalue weighted by molar-refractivity contribution is 7.13. The van der Waals surface area contributed by atoms with Crippen molar-refractivity contribution >= 4 is 16.5 Å². The topological polar surface area (TPSA) is 63.8 Å². The van der Waals surface area contributed by atoms with Crippen LogP contribution in [0.2, 0.25) is 0 Å². The average Bonchev–Trinajstić information content (AvgIpc) is 2.80. The van der Waals surface area contributed by atoms with Crippen LogP contribution in [0.4, 0.5) is 5.13 Å². The summed E-state index contributed by atoms with van der Waals surface area (Å²) in [6.45, 7) is 0.819. The Morgan fingerprint density at radius 1 is 1.75 bits per heavy atom. The molecule has 0 aliphatic heterocycles. The van der Waals surface area contributed by atoms with E-state index in [0.29, 0.717) is 0 Å². The number of nitrogens with zero attached hydrogens (tertiary/aromatic N) is 2. The van der Waals surface area contributed by atoms with E-state index in [9.17, 15) is 0 Å². The molecule has 0 amide bonds. The van der Waals surface area contributed by atoms with Crippen LogP contribution >= 0.6 is 11.3 Å². The standard InChI is InChI=1S/C7H12N4S/c8-6(5-1-2-5)3-9-7-11-10-4-12-7/h4-6H,1-3,8H2,(H,9,11). The second-order valence-corrected chi connectivity index (χ2v) is 3.96. The zero-order valence-corrected chi connectivity index (χ0v) is 7.55. The molecule has 3 N–H and O–H groups in total. The monoisotopic (exact) mass is 184 g/mol. The minimum Gasteiger partial charge on any atom is -0.359 e. The second kappa shape index (κ2) is 3.37. The Morgan fingerprint density at radius 2 is 2.58 bits per heavy atom. The maximum Gasteiger partial charge on any atom is 0.205 e. The number of hydrogen-bond acceptors (Lipinski definition) is 5. The fourth-order valence-electron chi connectivity index (χ4n) is 1.15. The number of hydrogen-bond donors (Lipinski definition) is 2. The molecule has 1 saturated carbocycles. The molecule has 4 nitrogen and oxygen atoms in total. The van der Waals surface area contributed by atoms with Crippen LogP contribution in [0.15, 0.2) is 5.51 Å². The first-order valence-electron chi connectivity index (χ1n) is 4.12. The summed E-state index contributed by atoms with van der Waals surface area (Å²) in [5.74, 6) is 0.741. The number of nitrogens with one attached hydrogen (secondary N) is 1. The van der Waals surface area contributed by atoms with Crippen molar-refractivity contribution in [1.29, 1.82) is 0 Å². The molecule has 1 aromatic rings. The van der Waals surface area contributed by atoms with Gasteiger partial charge in [0.15, 0.2) is 0 Å². The smallest absolute Gasteiger partial charge is 0.205 e. The maximum absolute atomic E-state index is 5.89. The fraction of sp³-hybridized carbons (Fsp3) is 0.714. The van der Waals surface area contributed by atoms with E-state index < -0.39 is 0 Å². The van der Waals surface area contributed by atoms with E-state index in [4.69, 9.17) is 5.73 Å². The summed E-state index contributed by atoms with van der Waals surface area (Å²) < 4.78 is 0. The van der Waals surface area contributed by atoms with Crippen molar-refractivity contribution in [1.82, 2.24) is 10.2 Å². The molecular formula is C7H12N4S. The zero-order valence-electron chi connectivity index (χ0n) is 6.73. The SMILES string of the molecule is NC(CNc1nncs1)C1CC1. The third-order valence-corrected chi connectivity index (χ3v) is 2.73. The van der Waals surface area contributed by atoms with Crippen molar-refractivity contribution in [3.8, 4) is 0 Å². The van der Waals surface area contributed by atoms with Gasteiger partial charge in [0.2, 0.25) is 5.13 Å². The van der Waals surface area contributed by atoms with Crippen molar-refractivity contribution < 1.29 is 0 Å². The predicted molar refractivity (Wildman–Crippen MR) is 49.1 cm³/mol. The Labute approximate surface area is 75.2 Å². The van der Waals surface area contributed by atoms with Crippen molar-refractivity contribution in [3.63, 3.8) is 0 Å². The predicted octanol–water partition coefficient (Wildman–Crippen LogP) is 0.687. The van der Waals surface area contributed by atoms with E-state index >= 15 is 0 Å². The molecule has 5 heteroatoms. The average molecular weight is 184 g/mol. The van der Waals surface area contributed by atoms with Gasteiger partial charge in [0, 0.05) is 12.6 Å². The van der Waals surface area contributed by atoms with E-state index in [1.165, 1.54) is 24.2 Å². The van der Waals surface area contributed by atoms with Crippen LogP contribution in [0.25, 0.3) is 0 Å². The lowest BCUT2D eigenvalue weighted by molar-refractivity contribution is 0.620. The van der Waals surface area contributed by atoms with Crippen LogP contribution in [0.5, 0.6) is 0 Å². The van der Waals surface area contributed by atoms with Crippen molar-refractivity contribution in [2.45, 2.75) is 18.9 Å². The molecule has 1 unspecified atom stereocenters. The molecule has 1 fully saturated rings. The van der Waals surface area contributed by atoms with Gasteiger partial charge in [-0.3, -0.25) is 0 Å². The summed E-state index contributed by atoms with van der Waals surface area (Å²) in [7, 11) is 0. The molecule has 1 heterocycles. The molecule has 0 bridgehead atoms. The highest BCUT2D eigenvalue weighted by Crippen LogP contribution is 2.31. The Bertz CT molecular complexity index is 232. The van der Waals surface area contributed by atoms with Gasteiger partial charge in [0.25, 0.3) is 0 Å². The van der Waals surface area contributed by atoms with Crippen LogP contribution in [-0.2, 0) is 0 Å². The summed E-state index contributed by atoms with van der Waals surface area (Å²) in [4.78, 5) is 0. The lowest BCUT2D eigenvalue weighted by atomic mass is 10.2. The van der Waals surface area contributed by atoms with Gasteiger partial charge in [-0.1, -0.05) is 11.3 Å². The highest BCUT2D eigenvalue weighted by atomic mass is 32.1. The largest absolute Gasteiger partial charge is 0.359 e. The van der Waals surface area contributed by atoms with Gasteiger partial charge in [-0.05, 0) is 18.8 Å². The summed E-state index contributed by atoms with van der Waals surface area (Å²) >= 11 is 1.51. The van der Waals surface area contributed by atoms with Crippen molar-refractivity contribution in [3.05, 3.63) is 5.51 Å². The minimum absolute atomic E-state index is 0.286. The van der Waals surface area contributed by atoms with Crippen LogP contribution in [0.3, 0.4) is 0 Å². The number of aromatic nitrogens is 2. The van der Waals surface area contributed by atoms with Crippen molar-refractivity contribution in [2.75, 3.05) is 11.9 Å². The van der Waals surface area contributed by atoms with E-state index in [0.717, 1.165) is 17.6 Å². The van der Waals surface area contributed by atoms with Gasteiger partial charge in [0.1, 0.15) is 5.51 Å². The highest BCUT2D eigenvalue weighted by Gasteiger charge is 2.28. The summed E-state index contributed by atoms with van der Waals surface area (Å²) in [5.41, 5.74) is 7.60. The number of anilines is 1. The Kier molecular flexibility index (Phi) is 2.23. The molecule has 0 radical (unpaired) electrons. The quantitative estimate of drug-likeness (QED) is 0.722. The number of nitrogens with two attached hydrogens (primary N) is 1. The number of rotatable bonds is 4. The normalized spacial score (nSPS) is 19.1. The van der Waals surface area contributed by atoms with Crippen LogP contribution in [-0.4, -0.2) is 22.8 Å². The summed E-state index contributed by atoms with van der Waals surface area (Å²) in [6.07, 6.45) is 2.58. The molecule has 2 rings (SSSR count). The Balaban J connectivity index is 1.74.